The van der Waals surface area contributed by atoms with E-state index in [0.717, 1.165) is 19.3 Å². The van der Waals surface area contributed by atoms with E-state index in [0.29, 0.717) is 19.6 Å². The van der Waals surface area contributed by atoms with Gasteiger partial charge in [-0.2, -0.15) is 0 Å². The van der Waals surface area contributed by atoms with Crippen LogP contribution >= 0.6 is 0 Å². The molecule has 0 heterocycles. The van der Waals surface area contributed by atoms with Crippen LogP contribution in [-0.2, 0) is 22.8 Å². The molecular formula is C38H62O5Si3. The summed E-state index contributed by atoms with van der Waals surface area (Å²) in [6.45, 7) is 25.3. The van der Waals surface area contributed by atoms with Crippen molar-refractivity contribution in [3.63, 3.8) is 0 Å². The van der Waals surface area contributed by atoms with E-state index >= 15 is 0 Å². The lowest BCUT2D eigenvalue weighted by atomic mass is 10.1. The predicted molar refractivity (Wildman–Crippen MR) is 203 cm³/mol. The minimum atomic E-state index is -2.58. The SMILES string of the molecule is CCCCOC(=O)C[C@@H](C[C@@H](/C=C/C/C(C)=C\CO[Si](c1ccccc1)(c1ccccc1)C(C)(C)C)O[Si](C)(C)C)O[Si](C)(C)C. The summed E-state index contributed by atoms with van der Waals surface area (Å²) in [5.41, 5.74) is 1.25. The van der Waals surface area contributed by atoms with Crippen molar-refractivity contribution in [2.45, 2.75) is 123 Å². The van der Waals surface area contributed by atoms with Gasteiger partial charge in [0.1, 0.15) is 0 Å². The van der Waals surface area contributed by atoms with E-state index in [9.17, 15) is 4.79 Å². The van der Waals surface area contributed by atoms with Crippen LogP contribution in [0.15, 0.2) is 84.5 Å². The molecule has 0 aromatic heterocycles. The van der Waals surface area contributed by atoms with Gasteiger partial charge in [0.25, 0.3) is 8.32 Å². The number of hydrogen-bond acceptors (Lipinski definition) is 5. The Labute approximate surface area is 284 Å². The highest BCUT2D eigenvalue weighted by molar-refractivity contribution is 6.99. The minimum Gasteiger partial charge on any atom is -0.466 e. The summed E-state index contributed by atoms with van der Waals surface area (Å²) in [4.78, 5) is 12.6. The maximum atomic E-state index is 12.6. The Hall–Kier alpha value is -2.08. The number of hydrogen-bond donors (Lipinski definition) is 0. The van der Waals surface area contributed by atoms with Crippen molar-refractivity contribution in [3.8, 4) is 0 Å². The molecule has 0 spiro atoms. The van der Waals surface area contributed by atoms with E-state index in [4.69, 9.17) is 18.0 Å². The molecule has 0 saturated carbocycles. The second-order valence-electron chi connectivity index (χ2n) is 15.3. The molecule has 2 rings (SSSR count). The highest BCUT2D eigenvalue weighted by Crippen LogP contribution is 2.36. The lowest BCUT2D eigenvalue weighted by Crippen LogP contribution is -2.66. The van der Waals surface area contributed by atoms with Gasteiger partial charge in [-0.3, -0.25) is 4.79 Å². The molecule has 8 heteroatoms. The van der Waals surface area contributed by atoms with Crippen LogP contribution in [0.3, 0.4) is 0 Å². The monoisotopic (exact) mass is 682 g/mol. The summed E-state index contributed by atoms with van der Waals surface area (Å²) in [6, 6.07) is 21.5. The Morgan fingerprint density at radius 1 is 0.848 bits per heavy atom. The smallest absolute Gasteiger partial charge is 0.308 e. The molecule has 0 bridgehead atoms. The van der Waals surface area contributed by atoms with Gasteiger partial charge >= 0.3 is 5.97 Å². The quantitative estimate of drug-likeness (QED) is 0.0641. The third-order valence-electron chi connectivity index (χ3n) is 7.61. The fourth-order valence-corrected chi connectivity index (χ4v) is 12.4. The van der Waals surface area contributed by atoms with Gasteiger partial charge in [-0.25, -0.2) is 0 Å². The highest BCUT2D eigenvalue weighted by Gasteiger charge is 2.49. The first kappa shape index (κ1) is 40.1. The van der Waals surface area contributed by atoms with Crippen LogP contribution in [0.4, 0.5) is 0 Å². The molecule has 2 aromatic carbocycles. The normalized spacial score (nSPS) is 14.8. The van der Waals surface area contributed by atoms with Gasteiger partial charge in [-0.15, -0.1) is 0 Å². The molecule has 2 aromatic rings. The fourth-order valence-electron chi connectivity index (χ4n) is 5.69. The molecule has 5 nitrogen and oxygen atoms in total. The lowest BCUT2D eigenvalue weighted by molar-refractivity contribution is -0.145. The Kier molecular flexibility index (Phi) is 16.1. The van der Waals surface area contributed by atoms with Gasteiger partial charge in [0, 0.05) is 6.42 Å². The third kappa shape index (κ3) is 14.0. The van der Waals surface area contributed by atoms with Crippen LogP contribution in [0.5, 0.6) is 0 Å². The van der Waals surface area contributed by atoms with Crippen LogP contribution in [0, 0.1) is 0 Å². The average molecular weight is 683 g/mol. The molecule has 0 fully saturated rings. The first-order valence-corrected chi connectivity index (χ1v) is 25.8. The van der Waals surface area contributed by atoms with Crippen molar-refractivity contribution in [1.82, 2.24) is 0 Å². The van der Waals surface area contributed by atoms with Crippen LogP contribution in [-0.4, -0.2) is 56.3 Å². The number of esters is 1. The van der Waals surface area contributed by atoms with Crippen molar-refractivity contribution in [2.24, 2.45) is 0 Å². The zero-order valence-electron chi connectivity index (χ0n) is 30.7. The van der Waals surface area contributed by atoms with Gasteiger partial charge in [-0.05, 0) is 74.5 Å². The van der Waals surface area contributed by atoms with Crippen molar-refractivity contribution < 1.29 is 22.8 Å². The molecule has 0 unspecified atom stereocenters. The van der Waals surface area contributed by atoms with Gasteiger partial charge in [0.05, 0.1) is 31.8 Å². The molecule has 0 radical (unpaired) electrons. The molecule has 2 atom stereocenters. The molecule has 46 heavy (non-hydrogen) atoms. The summed E-state index contributed by atoms with van der Waals surface area (Å²) < 4.78 is 25.6. The van der Waals surface area contributed by atoms with Crippen molar-refractivity contribution in [1.29, 1.82) is 0 Å². The standard InChI is InChI=1S/C38H62O5Si3/c1-12-13-28-40-37(39)31-34(43-45(9,10)11)30-33(42-44(6,7)8)22-20-21-32(2)27-29-41-46(38(3,4)5,35-23-16-14-17-24-35)36-25-18-15-19-26-36/h14-20,22-27,33-34H,12-13,21,28-31H2,1-11H3/b22-20+,32-27-/t33-,34-/m1/s1. The minimum absolute atomic E-state index is 0.0598. The maximum absolute atomic E-state index is 12.6. The first-order chi connectivity index (χ1) is 21.5. The Morgan fingerprint density at radius 2 is 1.39 bits per heavy atom. The number of carbonyl (C=O) groups excluding carboxylic acids is 1. The van der Waals surface area contributed by atoms with Crippen LogP contribution in [0.25, 0.3) is 0 Å². The predicted octanol–water partition coefficient (Wildman–Crippen LogP) is 9.02. The van der Waals surface area contributed by atoms with E-state index < -0.39 is 25.0 Å². The summed E-state index contributed by atoms with van der Waals surface area (Å²) in [5.74, 6) is -0.188. The van der Waals surface area contributed by atoms with Crippen LogP contribution in [0.1, 0.15) is 66.7 Å². The number of unbranched alkanes of at least 4 members (excludes halogenated alkanes) is 1. The van der Waals surface area contributed by atoms with E-state index in [1.807, 2.05) is 0 Å². The summed E-state index contributed by atoms with van der Waals surface area (Å²) >= 11 is 0. The van der Waals surface area contributed by atoms with Crippen LogP contribution in [0.2, 0.25) is 44.3 Å². The molecule has 256 valence electrons. The van der Waals surface area contributed by atoms with Crippen molar-refractivity contribution >= 4 is 41.3 Å². The molecule has 0 aliphatic heterocycles. The lowest BCUT2D eigenvalue weighted by Gasteiger charge is -2.42. The molecule has 0 aliphatic carbocycles. The molecule has 0 amide bonds. The third-order valence-corrected chi connectivity index (χ3v) is 14.7. The largest absolute Gasteiger partial charge is 0.466 e. The Morgan fingerprint density at radius 3 is 1.87 bits per heavy atom. The summed E-state index contributed by atoms with van der Waals surface area (Å²) in [5, 5.41) is 2.51. The summed E-state index contributed by atoms with van der Waals surface area (Å²) in [6.07, 6.45) is 9.80. The van der Waals surface area contributed by atoms with E-state index in [2.05, 4.69) is 153 Å². The van der Waals surface area contributed by atoms with Crippen LogP contribution < -0.4 is 10.4 Å². The number of benzene rings is 2. The first-order valence-electron chi connectivity index (χ1n) is 17.1. The fraction of sp³-hybridized carbons (Fsp3) is 0.553. The highest BCUT2D eigenvalue weighted by atomic mass is 28.4. The van der Waals surface area contributed by atoms with E-state index in [1.54, 1.807) is 0 Å². The van der Waals surface area contributed by atoms with Gasteiger partial charge in [0.2, 0.25) is 0 Å². The van der Waals surface area contributed by atoms with Crippen molar-refractivity contribution in [3.05, 3.63) is 84.5 Å². The maximum Gasteiger partial charge on any atom is 0.308 e. The number of rotatable bonds is 19. The topological polar surface area (TPSA) is 54.0 Å². The van der Waals surface area contributed by atoms with Gasteiger partial charge in [-0.1, -0.05) is 119 Å². The second-order valence-corrected chi connectivity index (χ2v) is 28.5. The van der Waals surface area contributed by atoms with Gasteiger partial charge < -0.3 is 18.0 Å². The number of allylic oxidation sites excluding steroid dienone is 2. The van der Waals surface area contributed by atoms with E-state index in [1.165, 1.54) is 15.9 Å². The molecule has 0 aliphatic rings. The average Bonchev–Trinajstić information content (AvgIpc) is 2.94. The Balaban J connectivity index is 2.21. The zero-order chi connectivity index (χ0) is 34.4. The summed E-state index contributed by atoms with van der Waals surface area (Å²) in [7, 11) is -6.33. The number of carbonyl (C=O) groups is 1. The number of ether oxygens (including phenoxy) is 1. The molecule has 0 N–H and O–H groups in total. The Bertz CT molecular complexity index is 1190. The molecular weight excluding hydrogens is 621 g/mol. The van der Waals surface area contributed by atoms with Gasteiger partial charge in [0.15, 0.2) is 16.6 Å². The van der Waals surface area contributed by atoms with Crippen molar-refractivity contribution in [2.75, 3.05) is 13.2 Å². The second kappa shape index (κ2) is 18.5. The zero-order valence-corrected chi connectivity index (χ0v) is 33.7. The molecule has 0 saturated heterocycles. The van der Waals surface area contributed by atoms with E-state index in [-0.39, 0.29) is 29.6 Å².